The van der Waals surface area contributed by atoms with Gasteiger partial charge in [-0.05, 0) is 130 Å². The Kier molecular flexibility index (Phi) is 18.8. The summed E-state index contributed by atoms with van der Waals surface area (Å²) in [4.78, 5) is 66.8. The number of allylic oxidation sites excluding steroid dienone is 3. The number of carbonyl (C=O) groups excluding carboxylic acids is 5. The van der Waals surface area contributed by atoms with Crippen molar-refractivity contribution < 1.29 is 57.5 Å². The Labute approximate surface area is 461 Å². The average molecular weight is 1070 g/mol. The molecule has 79 heavy (non-hydrogen) atoms. The molecule has 2 aliphatic rings. The second kappa shape index (κ2) is 26.4. The Morgan fingerprint density at radius 1 is 0.494 bits per heavy atom. The largest absolute Gasteiger partial charge is 0.508 e. The lowest BCUT2D eigenvalue weighted by Crippen LogP contribution is -2.43. The number of hydrogen-bond acceptors (Lipinski definition) is 12. The van der Waals surface area contributed by atoms with E-state index in [0.29, 0.717) is 36.8 Å². The average Bonchev–Trinajstić information content (AvgIpc) is 4.12. The molecule has 2 aliphatic carbocycles. The maximum atomic E-state index is 13.7. The number of ketones is 1. The van der Waals surface area contributed by atoms with Gasteiger partial charge in [0.05, 0.1) is 14.2 Å². The highest BCUT2D eigenvalue weighted by molar-refractivity contribution is 6.02. The molecular formula is C65H66N2O12. The molecule has 14 nitrogen and oxygen atoms in total. The van der Waals surface area contributed by atoms with E-state index in [1.165, 1.54) is 44.6 Å². The van der Waals surface area contributed by atoms with E-state index >= 15 is 0 Å². The molecule has 0 heterocycles. The van der Waals surface area contributed by atoms with Crippen LogP contribution in [0.4, 0.5) is 9.59 Å². The van der Waals surface area contributed by atoms with Gasteiger partial charge in [0, 0.05) is 17.9 Å². The summed E-state index contributed by atoms with van der Waals surface area (Å²) in [5.74, 6) is -1.40. The van der Waals surface area contributed by atoms with Crippen molar-refractivity contribution in [1.29, 1.82) is 0 Å². The van der Waals surface area contributed by atoms with Crippen LogP contribution in [-0.4, -0.2) is 74.5 Å². The Balaban J connectivity index is 0.838. The van der Waals surface area contributed by atoms with Crippen LogP contribution in [0.1, 0.15) is 98.6 Å². The van der Waals surface area contributed by atoms with Gasteiger partial charge in [0.2, 0.25) is 0 Å². The predicted octanol–water partition coefficient (Wildman–Crippen LogP) is 12.9. The van der Waals surface area contributed by atoms with Gasteiger partial charge in [0.1, 0.15) is 31.1 Å². The van der Waals surface area contributed by atoms with Crippen molar-refractivity contribution in [2.45, 2.75) is 77.3 Å². The first kappa shape index (κ1) is 56.3. The van der Waals surface area contributed by atoms with Crippen LogP contribution in [0.2, 0.25) is 0 Å². The molecule has 3 N–H and O–H groups in total. The van der Waals surface area contributed by atoms with Crippen molar-refractivity contribution in [2.75, 3.05) is 27.4 Å². The number of methoxy groups -OCH3 is 2. The van der Waals surface area contributed by atoms with Crippen LogP contribution in [0.5, 0.6) is 23.0 Å². The molecule has 8 rings (SSSR count). The Hall–Kier alpha value is -8.91. The quantitative estimate of drug-likeness (QED) is 0.0182. The van der Waals surface area contributed by atoms with E-state index in [2.05, 4.69) is 34.9 Å². The molecule has 0 saturated carbocycles. The maximum absolute atomic E-state index is 13.7. The van der Waals surface area contributed by atoms with Crippen molar-refractivity contribution in [3.05, 3.63) is 191 Å². The first-order valence-corrected chi connectivity index (χ1v) is 26.5. The summed E-state index contributed by atoms with van der Waals surface area (Å²) >= 11 is 0. The minimum atomic E-state index is -1.01. The summed E-state index contributed by atoms with van der Waals surface area (Å²) in [7, 11) is 2.84. The van der Waals surface area contributed by atoms with Gasteiger partial charge < -0.3 is 44.2 Å². The molecule has 0 radical (unpaired) electrons. The molecule has 0 aliphatic heterocycles. The highest BCUT2D eigenvalue weighted by Crippen LogP contribution is 2.46. The van der Waals surface area contributed by atoms with Gasteiger partial charge in [-0.2, -0.15) is 0 Å². The number of amides is 2. The fraction of sp³-hybridized carbons (Fsp3) is 0.277. The van der Waals surface area contributed by atoms with Gasteiger partial charge in [0.25, 0.3) is 0 Å². The second-order valence-corrected chi connectivity index (χ2v) is 20.3. The van der Waals surface area contributed by atoms with Crippen LogP contribution >= 0.6 is 0 Å². The van der Waals surface area contributed by atoms with Crippen LogP contribution in [0.25, 0.3) is 34.4 Å². The van der Waals surface area contributed by atoms with Gasteiger partial charge in [-0.1, -0.05) is 149 Å². The Morgan fingerprint density at radius 2 is 0.861 bits per heavy atom. The summed E-state index contributed by atoms with van der Waals surface area (Å²) in [5.41, 5.74) is 9.80. The number of aliphatic hydroxyl groups excluding tert-OH is 1. The number of rotatable bonds is 23. The summed E-state index contributed by atoms with van der Waals surface area (Å²) < 4.78 is 34.2. The molecule has 0 unspecified atom stereocenters. The highest BCUT2D eigenvalue weighted by atomic mass is 16.6. The fourth-order valence-electron chi connectivity index (χ4n) is 9.77. The number of benzene rings is 6. The molecule has 14 heteroatoms. The van der Waals surface area contributed by atoms with E-state index in [4.69, 9.17) is 28.4 Å². The van der Waals surface area contributed by atoms with Crippen LogP contribution in [0, 0.1) is 11.8 Å². The lowest BCUT2D eigenvalue weighted by Gasteiger charge is -2.20. The SMILES string of the molecule is COc1cc(/C=C/C(=O)/C=C(O)/C=C/c2ccc(OC(=O)[C@H](CCC(C)C)NC(=O)OCC3c4ccccc4-c4ccccc43)c(OC)c2)ccc1OC(=O)[C@H](CCC(C)C)NC(=O)OCC1c2ccccc2-c2ccccc21. The number of carbonyl (C=O) groups is 5. The van der Waals surface area contributed by atoms with E-state index in [-0.39, 0.29) is 65.6 Å². The summed E-state index contributed by atoms with van der Waals surface area (Å²) in [6.07, 6.45) is 7.11. The minimum Gasteiger partial charge on any atom is -0.508 e. The molecule has 0 aromatic heterocycles. The van der Waals surface area contributed by atoms with E-state index in [1.807, 2.05) is 100 Å². The smallest absolute Gasteiger partial charge is 0.407 e. The molecule has 2 amide bonds. The van der Waals surface area contributed by atoms with Gasteiger partial charge in [0.15, 0.2) is 28.8 Å². The minimum absolute atomic E-state index is 0.0893. The topological polar surface area (TPSA) is 185 Å². The lowest BCUT2D eigenvalue weighted by molar-refractivity contribution is -0.137. The van der Waals surface area contributed by atoms with Gasteiger partial charge in [-0.25, -0.2) is 19.2 Å². The third-order valence-electron chi connectivity index (χ3n) is 13.9. The molecule has 6 aromatic rings. The zero-order chi connectivity index (χ0) is 56.0. The van der Waals surface area contributed by atoms with Crippen LogP contribution in [0.15, 0.2) is 157 Å². The molecule has 0 fully saturated rings. The van der Waals surface area contributed by atoms with E-state index in [0.717, 1.165) is 50.6 Å². The van der Waals surface area contributed by atoms with Crippen LogP contribution in [-0.2, 0) is 23.9 Å². The van der Waals surface area contributed by atoms with Crippen molar-refractivity contribution >= 4 is 42.1 Å². The summed E-state index contributed by atoms with van der Waals surface area (Å²) in [5, 5.41) is 16.1. The van der Waals surface area contributed by atoms with Crippen LogP contribution in [0.3, 0.4) is 0 Å². The monoisotopic (exact) mass is 1070 g/mol. The van der Waals surface area contributed by atoms with E-state index in [9.17, 15) is 29.1 Å². The van der Waals surface area contributed by atoms with Crippen molar-refractivity contribution in [3.8, 4) is 45.3 Å². The zero-order valence-corrected chi connectivity index (χ0v) is 45.2. The number of aliphatic hydroxyl groups is 1. The predicted molar refractivity (Wildman–Crippen MR) is 303 cm³/mol. The van der Waals surface area contributed by atoms with Gasteiger partial charge in [-0.3, -0.25) is 4.79 Å². The van der Waals surface area contributed by atoms with E-state index in [1.54, 1.807) is 30.3 Å². The standard InChI is InChI=1S/C65H66N2O12/c1-40(2)23-31-56(66-64(72)76-38-54-50-19-11-7-15-46(50)47-16-8-12-20-51(47)54)62(70)78-58-33-27-42(35-60(58)74-5)25-29-44(68)37-45(69)30-26-43-28-34-59(61(36-43)75-6)79-63(71)57(32-24-41(3)4)67-65(73)77-39-55-52-21-13-9-17-48(52)49-18-10-14-22-53(49)55/h7-22,25-30,33-37,40-41,54-57,68H,23-24,31-32,38-39H2,1-6H3,(H,66,72)(H,67,73)/b29-25+,30-26+,44-37-/t56-,57-/m0/s1. The van der Waals surface area contributed by atoms with Gasteiger partial charge >= 0.3 is 24.1 Å². The first-order chi connectivity index (χ1) is 38.2. The summed E-state index contributed by atoms with van der Waals surface area (Å²) in [6.45, 7) is 8.27. The number of nitrogens with one attached hydrogen (secondary N) is 2. The highest BCUT2D eigenvalue weighted by Gasteiger charge is 2.33. The Morgan fingerprint density at radius 3 is 1.23 bits per heavy atom. The normalized spacial score (nSPS) is 13.5. The lowest BCUT2D eigenvalue weighted by atomic mass is 9.98. The number of esters is 2. The number of ether oxygens (including phenoxy) is 6. The number of hydrogen-bond donors (Lipinski definition) is 3. The second-order valence-electron chi connectivity index (χ2n) is 20.3. The number of alkyl carbamates (subject to hydrolysis) is 2. The zero-order valence-electron chi connectivity index (χ0n) is 45.2. The molecule has 0 bridgehead atoms. The molecule has 2 atom stereocenters. The third-order valence-corrected chi connectivity index (χ3v) is 13.9. The van der Waals surface area contributed by atoms with Crippen LogP contribution < -0.4 is 29.6 Å². The molecule has 0 saturated heterocycles. The molecule has 6 aromatic carbocycles. The van der Waals surface area contributed by atoms with E-state index < -0.39 is 42.0 Å². The first-order valence-electron chi connectivity index (χ1n) is 26.5. The third kappa shape index (κ3) is 14.4. The molecule has 408 valence electrons. The Bertz CT molecular complexity index is 3190. The molecular weight excluding hydrogens is 1000 g/mol. The maximum Gasteiger partial charge on any atom is 0.407 e. The van der Waals surface area contributed by atoms with Crippen molar-refractivity contribution in [3.63, 3.8) is 0 Å². The van der Waals surface area contributed by atoms with Crippen molar-refractivity contribution in [2.24, 2.45) is 11.8 Å². The summed E-state index contributed by atoms with van der Waals surface area (Å²) in [6, 6.07) is 39.7. The molecule has 0 spiro atoms. The number of fused-ring (bicyclic) bond motifs is 6. The fourth-order valence-corrected chi connectivity index (χ4v) is 9.77. The van der Waals surface area contributed by atoms with Crippen molar-refractivity contribution in [1.82, 2.24) is 10.6 Å². The van der Waals surface area contributed by atoms with Gasteiger partial charge in [-0.15, -0.1) is 0 Å².